The third kappa shape index (κ3) is 4.04. The molecule has 0 bridgehead atoms. The van der Waals surface area contributed by atoms with Gasteiger partial charge in [0, 0.05) is 5.56 Å². The zero-order valence-electron chi connectivity index (χ0n) is 12.1. The number of hydrogen-bond donors (Lipinski definition) is 1. The highest BCUT2D eigenvalue weighted by molar-refractivity contribution is 5.97. The van der Waals surface area contributed by atoms with Gasteiger partial charge in [-0.15, -0.1) is 0 Å². The minimum Gasteiger partial charge on any atom is -0.309 e. The molecule has 0 atom stereocenters. The zero-order valence-corrected chi connectivity index (χ0v) is 12.1. The third-order valence-corrected chi connectivity index (χ3v) is 3.55. The van der Waals surface area contributed by atoms with Crippen LogP contribution in [0.25, 0.3) is 0 Å². The van der Waals surface area contributed by atoms with E-state index in [1.807, 2.05) is 43.3 Å². The van der Waals surface area contributed by atoms with Crippen LogP contribution in [-0.4, -0.2) is 18.9 Å². The van der Waals surface area contributed by atoms with Gasteiger partial charge in [0.15, 0.2) is 5.78 Å². The smallest absolute Gasteiger partial charge is 0.176 e. The summed E-state index contributed by atoms with van der Waals surface area (Å²) in [5.41, 5.74) is 4.47. The van der Waals surface area contributed by atoms with Gasteiger partial charge in [0.1, 0.15) is 0 Å². The summed E-state index contributed by atoms with van der Waals surface area (Å²) in [4.78, 5) is 12.1. The van der Waals surface area contributed by atoms with Crippen molar-refractivity contribution < 1.29 is 4.79 Å². The number of hydrogen-bond acceptors (Lipinski definition) is 2. The molecule has 0 unspecified atom stereocenters. The van der Waals surface area contributed by atoms with E-state index in [1.165, 1.54) is 16.7 Å². The summed E-state index contributed by atoms with van der Waals surface area (Å²) in [6.45, 7) is 5.31. The SMILES string of the molecule is Cc1ccc(C(=O)CNCCc2ccccc2)cc1C. The Hall–Kier alpha value is -1.93. The summed E-state index contributed by atoms with van der Waals surface area (Å²) in [5, 5.41) is 3.22. The van der Waals surface area contributed by atoms with Gasteiger partial charge in [0.2, 0.25) is 0 Å². The summed E-state index contributed by atoms with van der Waals surface area (Å²) >= 11 is 0. The van der Waals surface area contributed by atoms with Crippen LogP contribution in [0.2, 0.25) is 0 Å². The summed E-state index contributed by atoms with van der Waals surface area (Å²) in [5.74, 6) is 0.154. The quantitative estimate of drug-likeness (QED) is 0.642. The number of carbonyl (C=O) groups excluding carboxylic acids is 1. The van der Waals surface area contributed by atoms with E-state index >= 15 is 0 Å². The zero-order chi connectivity index (χ0) is 14.4. The van der Waals surface area contributed by atoms with E-state index in [0.29, 0.717) is 6.54 Å². The van der Waals surface area contributed by atoms with E-state index in [4.69, 9.17) is 0 Å². The molecule has 0 radical (unpaired) electrons. The average Bonchev–Trinajstić information content (AvgIpc) is 2.47. The lowest BCUT2D eigenvalue weighted by Crippen LogP contribution is -2.25. The summed E-state index contributed by atoms with van der Waals surface area (Å²) in [7, 11) is 0. The van der Waals surface area contributed by atoms with Crippen molar-refractivity contribution in [2.24, 2.45) is 0 Å². The fourth-order valence-corrected chi connectivity index (χ4v) is 2.10. The Morgan fingerprint density at radius 3 is 2.45 bits per heavy atom. The van der Waals surface area contributed by atoms with Gasteiger partial charge in [-0.2, -0.15) is 0 Å². The highest BCUT2D eigenvalue weighted by atomic mass is 16.1. The average molecular weight is 267 g/mol. The van der Waals surface area contributed by atoms with Crippen molar-refractivity contribution in [2.75, 3.05) is 13.1 Å². The van der Waals surface area contributed by atoms with Gasteiger partial charge in [0.25, 0.3) is 0 Å². The highest BCUT2D eigenvalue weighted by Gasteiger charge is 2.06. The molecule has 2 aromatic carbocycles. The standard InChI is InChI=1S/C18H21NO/c1-14-8-9-17(12-15(14)2)18(20)13-19-11-10-16-6-4-3-5-7-16/h3-9,12,19H,10-11,13H2,1-2H3. The van der Waals surface area contributed by atoms with Gasteiger partial charge in [-0.05, 0) is 49.6 Å². The van der Waals surface area contributed by atoms with Gasteiger partial charge in [-0.3, -0.25) is 4.79 Å². The molecule has 0 fully saturated rings. The topological polar surface area (TPSA) is 29.1 Å². The number of rotatable bonds is 6. The lowest BCUT2D eigenvalue weighted by Gasteiger charge is -2.06. The van der Waals surface area contributed by atoms with E-state index < -0.39 is 0 Å². The van der Waals surface area contributed by atoms with Crippen LogP contribution in [0.4, 0.5) is 0 Å². The first-order valence-electron chi connectivity index (χ1n) is 7.02. The third-order valence-electron chi connectivity index (χ3n) is 3.55. The molecule has 0 amide bonds. The molecule has 1 N–H and O–H groups in total. The summed E-state index contributed by atoms with van der Waals surface area (Å²) in [6.07, 6.45) is 0.945. The second-order valence-corrected chi connectivity index (χ2v) is 5.13. The number of benzene rings is 2. The van der Waals surface area contributed by atoms with E-state index in [2.05, 4.69) is 24.4 Å². The molecule has 2 aromatic rings. The number of aryl methyl sites for hydroxylation is 2. The van der Waals surface area contributed by atoms with Crippen LogP contribution >= 0.6 is 0 Å². The van der Waals surface area contributed by atoms with Gasteiger partial charge in [0.05, 0.1) is 6.54 Å². The van der Waals surface area contributed by atoms with E-state index in [9.17, 15) is 4.79 Å². The van der Waals surface area contributed by atoms with Crippen molar-refractivity contribution in [3.05, 3.63) is 70.8 Å². The number of ketones is 1. The Balaban J connectivity index is 1.79. The fourth-order valence-electron chi connectivity index (χ4n) is 2.10. The lowest BCUT2D eigenvalue weighted by atomic mass is 10.0. The molecule has 0 aromatic heterocycles. The monoisotopic (exact) mass is 267 g/mol. The molecule has 0 aliphatic rings. The molecular formula is C18H21NO. The maximum Gasteiger partial charge on any atom is 0.176 e. The van der Waals surface area contributed by atoms with Crippen LogP contribution in [0.5, 0.6) is 0 Å². The molecule has 0 aliphatic carbocycles. The number of Topliss-reactive ketones (excluding diaryl/α,β-unsaturated/α-hetero) is 1. The van der Waals surface area contributed by atoms with E-state index in [0.717, 1.165) is 18.5 Å². The first-order chi connectivity index (χ1) is 9.66. The molecule has 2 rings (SSSR count). The van der Waals surface area contributed by atoms with Crippen molar-refractivity contribution in [1.82, 2.24) is 5.32 Å². The fraction of sp³-hybridized carbons (Fsp3) is 0.278. The second kappa shape index (κ2) is 7.01. The van der Waals surface area contributed by atoms with Crippen LogP contribution in [0.1, 0.15) is 27.0 Å². The minimum absolute atomic E-state index is 0.154. The molecule has 2 nitrogen and oxygen atoms in total. The van der Waals surface area contributed by atoms with Crippen molar-refractivity contribution >= 4 is 5.78 Å². The predicted molar refractivity (Wildman–Crippen MR) is 83.3 cm³/mol. The Bertz CT molecular complexity index is 575. The molecule has 0 aliphatic heterocycles. The van der Waals surface area contributed by atoms with Crippen LogP contribution in [0, 0.1) is 13.8 Å². The van der Waals surface area contributed by atoms with E-state index in [-0.39, 0.29) is 5.78 Å². The molecule has 2 heteroatoms. The largest absolute Gasteiger partial charge is 0.309 e. The molecule has 0 heterocycles. The Morgan fingerprint density at radius 1 is 1.00 bits per heavy atom. The van der Waals surface area contributed by atoms with Crippen molar-refractivity contribution in [3.63, 3.8) is 0 Å². The Labute approximate surface area is 120 Å². The maximum absolute atomic E-state index is 12.1. The second-order valence-electron chi connectivity index (χ2n) is 5.13. The van der Waals surface area contributed by atoms with Crippen LogP contribution < -0.4 is 5.32 Å². The van der Waals surface area contributed by atoms with Crippen molar-refractivity contribution in [3.8, 4) is 0 Å². The first-order valence-corrected chi connectivity index (χ1v) is 7.02. The van der Waals surface area contributed by atoms with E-state index in [1.54, 1.807) is 0 Å². The summed E-state index contributed by atoms with van der Waals surface area (Å²) < 4.78 is 0. The highest BCUT2D eigenvalue weighted by Crippen LogP contribution is 2.10. The minimum atomic E-state index is 0.154. The molecular weight excluding hydrogens is 246 g/mol. The molecule has 0 saturated carbocycles. The Kier molecular flexibility index (Phi) is 5.08. The number of carbonyl (C=O) groups is 1. The lowest BCUT2D eigenvalue weighted by molar-refractivity contribution is 0.0991. The first kappa shape index (κ1) is 14.5. The molecule has 0 spiro atoms. The van der Waals surface area contributed by atoms with Crippen LogP contribution in [0.15, 0.2) is 48.5 Å². The van der Waals surface area contributed by atoms with Crippen LogP contribution in [-0.2, 0) is 6.42 Å². The molecule has 20 heavy (non-hydrogen) atoms. The summed E-state index contributed by atoms with van der Waals surface area (Å²) in [6, 6.07) is 16.2. The van der Waals surface area contributed by atoms with Gasteiger partial charge in [-0.1, -0.05) is 42.5 Å². The van der Waals surface area contributed by atoms with Gasteiger partial charge in [-0.25, -0.2) is 0 Å². The number of nitrogens with one attached hydrogen (secondary N) is 1. The predicted octanol–water partition coefficient (Wildman–Crippen LogP) is 3.32. The van der Waals surface area contributed by atoms with Crippen molar-refractivity contribution in [2.45, 2.75) is 20.3 Å². The Morgan fingerprint density at radius 2 is 1.75 bits per heavy atom. The van der Waals surface area contributed by atoms with Crippen LogP contribution in [0.3, 0.4) is 0 Å². The van der Waals surface area contributed by atoms with Crippen molar-refractivity contribution in [1.29, 1.82) is 0 Å². The van der Waals surface area contributed by atoms with Gasteiger partial charge >= 0.3 is 0 Å². The maximum atomic E-state index is 12.1. The van der Waals surface area contributed by atoms with Gasteiger partial charge < -0.3 is 5.32 Å². The normalized spacial score (nSPS) is 10.5. The molecule has 0 saturated heterocycles. The molecule has 104 valence electrons.